The number of hydrogen-bond donors (Lipinski definition) is 2. The minimum atomic E-state index is -0.958. The first-order valence-electron chi connectivity index (χ1n) is 3.71. The van der Waals surface area contributed by atoms with Crippen molar-refractivity contribution in [3.05, 3.63) is 12.3 Å². The van der Waals surface area contributed by atoms with Crippen LogP contribution in [0, 0.1) is 5.92 Å². The van der Waals surface area contributed by atoms with Gasteiger partial charge in [0.2, 0.25) is 5.91 Å². The molecule has 0 saturated carbocycles. The largest absolute Gasteiger partial charge is 0.400 e. The highest BCUT2D eigenvalue weighted by Crippen LogP contribution is 2.09. The zero-order chi connectivity index (χ0) is 9.89. The van der Waals surface area contributed by atoms with Crippen LogP contribution in [0.3, 0.4) is 0 Å². The van der Waals surface area contributed by atoms with E-state index in [0.29, 0.717) is 0 Å². The topological polar surface area (TPSA) is 66.6 Å². The van der Waals surface area contributed by atoms with Gasteiger partial charge in [-0.2, -0.15) is 0 Å². The Hall–Kier alpha value is -1.03. The molecule has 0 saturated heterocycles. The normalized spacial score (nSPS) is 15.0. The van der Waals surface area contributed by atoms with Crippen LogP contribution in [0.4, 0.5) is 0 Å². The quantitative estimate of drug-likeness (QED) is 0.605. The third-order valence-electron chi connectivity index (χ3n) is 1.68. The summed E-state index contributed by atoms with van der Waals surface area (Å²) >= 11 is 0. The Balaban J connectivity index is 4.29. The van der Waals surface area contributed by atoms with E-state index in [0.717, 1.165) is 0 Å². The summed E-state index contributed by atoms with van der Waals surface area (Å²) in [6, 6.07) is 0. The van der Waals surface area contributed by atoms with Crippen LogP contribution in [0.25, 0.3) is 0 Å². The van der Waals surface area contributed by atoms with Gasteiger partial charge < -0.3 is 15.7 Å². The van der Waals surface area contributed by atoms with E-state index in [1.54, 1.807) is 21.0 Å². The lowest BCUT2D eigenvalue weighted by molar-refractivity contribution is -0.135. The van der Waals surface area contributed by atoms with Crippen LogP contribution in [0.1, 0.15) is 6.92 Å². The number of aliphatic hydroxyl groups excluding tert-OH is 1. The van der Waals surface area contributed by atoms with Crippen molar-refractivity contribution in [2.75, 3.05) is 14.1 Å². The molecule has 0 aliphatic rings. The molecule has 0 fully saturated rings. The lowest BCUT2D eigenvalue weighted by Gasteiger charge is -2.21. The second kappa shape index (κ2) is 4.11. The number of nitrogens with two attached hydrogens (primary N) is 1. The minimum Gasteiger partial charge on any atom is -0.400 e. The van der Waals surface area contributed by atoms with Gasteiger partial charge in [0.15, 0.2) is 0 Å². The molecule has 4 heteroatoms. The molecule has 0 radical (unpaired) electrons. The molecule has 0 spiro atoms. The van der Waals surface area contributed by atoms with E-state index >= 15 is 0 Å². The summed E-state index contributed by atoms with van der Waals surface area (Å²) in [5, 5.41) is 9.34. The maximum atomic E-state index is 11.3. The summed E-state index contributed by atoms with van der Waals surface area (Å²) in [7, 11) is 3.26. The van der Waals surface area contributed by atoms with Crippen LogP contribution in [-0.2, 0) is 4.79 Å². The van der Waals surface area contributed by atoms with Gasteiger partial charge in [0.05, 0.1) is 5.92 Å². The third kappa shape index (κ3) is 2.54. The van der Waals surface area contributed by atoms with Crippen LogP contribution in [-0.4, -0.2) is 36.1 Å². The first-order chi connectivity index (χ1) is 5.37. The van der Waals surface area contributed by atoms with Crippen LogP contribution >= 0.6 is 0 Å². The molecule has 0 rings (SSSR count). The standard InChI is InChI=1S/C8H16N2O2/c1-5(7(11)6(2)9)8(12)10(3)4/h5,7,11H,2,9H2,1,3-4H3/t5-,7-/m1/s1. The minimum absolute atomic E-state index is 0.123. The summed E-state index contributed by atoms with van der Waals surface area (Å²) < 4.78 is 0. The highest BCUT2D eigenvalue weighted by Gasteiger charge is 2.23. The molecule has 0 heterocycles. The molecular weight excluding hydrogens is 156 g/mol. The smallest absolute Gasteiger partial charge is 0.227 e. The predicted octanol–water partition coefficient (Wildman–Crippen LogP) is -0.456. The van der Waals surface area contributed by atoms with Gasteiger partial charge in [-0.25, -0.2) is 0 Å². The summed E-state index contributed by atoms with van der Waals surface area (Å²) in [5.74, 6) is -0.688. The van der Waals surface area contributed by atoms with E-state index in [9.17, 15) is 9.90 Å². The van der Waals surface area contributed by atoms with Crippen molar-refractivity contribution < 1.29 is 9.90 Å². The van der Waals surface area contributed by atoms with E-state index in [4.69, 9.17) is 5.73 Å². The van der Waals surface area contributed by atoms with Crippen molar-refractivity contribution in [2.45, 2.75) is 13.0 Å². The highest BCUT2D eigenvalue weighted by atomic mass is 16.3. The Bertz CT molecular complexity index is 189. The summed E-state index contributed by atoms with van der Waals surface area (Å²) in [5.41, 5.74) is 5.38. The Morgan fingerprint density at radius 1 is 1.58 bits per heavy atom. The molecule has 4 nitrogen and oxygen atoms in total. The zero-order valence-corrected chi connectivity index (χ0v) is 7.74. The fraction of sp³-hybridized carbons (Fsp3) is 0.625. The number of carbonyl (C=O) groups excluding carboxylic acids is 1. The molecule has 0 aliphatic carbocycles. The third-order valence-corrected chi connectivity index (χ3v) is 1.68. The van der Waals surface area contributed by atoms with Crippen LogP contribution in [0.15, 0.2) is 12.3 Å². The van der Waals surface area contributed by atoms with Gasteiger partial charge >= 0.3 is 0 Å². The molecule has 70 valence electrons. The lowest BCUT2D eigenvalue weighted by atomic mass is 10.0. The number of aliphatic hydroxyl groups is 1. The molecule has 1 amide bonds. The molecule has 0 bridgehead atoms. The molecule has 0 aliphatic heterocycles. The van der Waals surface area contributed by atoms with E-state index in [-0.39, 0.29) is 11.6 Å². The van der Waals surface area contributed by atoms with Crippen molar-refractivity contribution in [1.29, 1.82) is 0 Å². The molecule has 3 N–H and O–H groups in total. The number of amides is 1. The average Bonchev–Trinajstić information content (AvgIpc) is 2.00. The Morgan fingerprint density at radius 3 is 2.25 bits per heavy atom. The maximum Gasteiger partial charge on any atom is 0.227 e. The molecule has 0 aromatic rings. The fourth-order valence-corrected chi connectivity index (χ4v) is 0.863. The second-order valence-corrected chi connectivity index (χ2v) is 3.04. The summed E-state index contributed by atoms with van der Waals surface area (Å²) in [6.45, 7) is 4.99. The van der Waals surface area contributed by atoms with Crippen molar-refractivity contribution in [3.63, 3.8) is 0 Å². The molecule has 0 unspecified atom stereocenters. The van der Waals surface area contributed by atoms with Crippen molar-refractivity contribution in [2.24, 2.45) is 11.7 Å². The molecule has 0 aromatic heterocycles. The summed E-state index contributed by atoms with van der Waals surface area (Å²) in [4.78, 5) is 12.7. The Labute approximate surface area is 72.7 Å². The van der Waals surface area contributed by atoms with Gasteiger partial charge in [-0.15, -0.1) is 0 Å². The Kier molecular flexibility index (Phi) is 3.76. The van der Waals surface area contributed by atoms with Gasteiger partial charge in [-0.1, -0.05) is 13.5 Å². The fourth-order valence-electron chi connectivity index (χ4n) is 0.863. The van der Waals surface area contributed by atoms with Crippen molar-refractivity contribution in [1.82, 2.24) is 4.90 Å². The number of hydrogen-bond acceptors (Lipinski definition) is 3. The van der Waals surface area contributed by atoms with Crippen molar-refractivity contribution in [3.8, 4) is 0 Å². The Morgan fingerprint density at radius 2 is 2.00 bits per heavy atom. The molecule has 12 heavy (non-hydrogen) atoms. The van der Waals surface area contributed by atoms with Gasteiger partial charge in [0.25, 0.3) is 0 Å². The predicted molar refractivity (Wildman–Crippen MR) is 47.2 cm³/mol. The van der Waals surface area contributed by atoms with Gasteiger partial charge in [-0.3, -0.25) is 4.79 Å². The average molecular weight is 172 g/mol. The SMILES string of the molecule is C=C(N)[C@H](O)[C@@H](C)C(=O)N(C)C. The molecule has 0 aromatic carbocycles. The van der Waals surface area contributed by atoms with E-state index < -0.39 is 12.0 Å². The van der Waals surface area contributed by atoms with Crippen LogP contribution in [0.2, 0.25) is 0 Å². The first kappa shape index (κ1) is 11.0. The lowest BCUT2D eigenvalue weighted by Crippen LogP contribution is -2.37. The van der Waals surface area contributed by atoms with Gasteiger partial charge in [0.1, 0.15) is 6.10 Å². The molecule has 2 atom stereocenters. The van der Waals surface area contributed by atoms with E-state index in [1.165, 1.54) is 4.90 Å². The number of carbonyl (C=O) groups is 1. The maximum absolute atomic E-state index is 11.3. The monoisotopic (exact) mass is 172 g/mol. The van der Waals surface area contributed by atoms with E-state index in [2.05, 4.69) is 6.58 Å². The molecular formula is C8H16N2O2. The first-order valence-corrected chi connectivity index (χ1v) is 3.71. The second-order valence-electron chi connectivity index (χ2n) is 3.04. The summed E-state index contributed by atoms with van der Waals surface area (Å²) in [6.07, 6.45) is -0.958. The number of rotatable bonds is 3. The van der Waals surface area contributed by atoms with Gasteiger partial charge in [-0.05, 0) is 0 Å². The van der Waals surface area contributed by atoms with Crippen LogP contribution in [0.5, 0.6) is 0 Å². The van der Waals surface area contributed by atoms with Crippen LogP contribution < -0.4 is 5.73 Å². The van der Waals surface area contributed by atoms with E-state index in [1.807, 2.05) is 0 Å². The van der Waals surface area contributed by atoms with Crippen molar-refractivity contribution >= 4 is 5.91 Å². The highest BCUT2D eigenvalue weighted by molar-refractivity contribution is 5.78. The van der Waals surface area contributed by atoms with Gasteiger partial charge in [0, 0.05) is 19.8 Å². The number of nitrogens with zero attached hydrogens (tertiary/aromatic N) is 1. The zero-order valence-electron chi connectivity index (χ0n) is 7.74.